The van der Waals surface area contributed by atoms with Gasteiger partial charge in [-0.1, -0.05) is 11.8 Å². The van der Waals surface area contributed by atoms with Gasteiger partial charge < -0.3 is 10.5 Å². The van der Waals surface area contributed by atoms with Crippen LogP contribution in [0.1, 0.15) is 4.88 Å². The molecule has 0 saturated heterocycles. The molecule has 0 fully saturated rings. The molecular formula is C8H10N2O2S2. The second-order valence-corrected chi connectivity index (χ2v) is 4.37. The minimum Gasteiger partial charge on any atom is -0.466 e. The minimum absolute atomic E-state index is 0.400. The van der Waals surface area contributed by atoms with Gasteiger partial charge in [0.05, 0.1) is 12.0 Å². The van der Waals surface area contributed by atoms with E-state index < -0.39 is 5.97 Å². The summed E-state index contributed by atoms with van der Waals surface area (Å²) in [6.45, 7) is 0. The molecule has 1 aromatic heterocycles. The summed E-state index contributed by atoms with van der Waals surface area (Å²) < 4.78 is 5.34. The Balaban J connectivity index is 2.80. The van der Waals surface area contributed by atoms with Gasteiger partial charge in [0.2, 0.25) is 0 Å². The number of nitrogen functional groups attached to an aromatic ring is 1. The Kier molecular flexibility index (Phi) is 3.97. The van der Waals surface area contributed by atoms with Crippen molar-refractivity contribution in [1.29, 1.82) is 0 Å². The maximum Gasteiger partial charge on any atom is 0.330 e. The van der Waals surface area contributed by atoms with Crippen molar-refractivity contribution < 1.29 is 9.53 Å². The molecule has 1 heterocycles. The highest BCUT2D eigenvalue weighted by Gasteiger charge is 2.04. The van der Waals surface area contributed by atoms with Crippen molar-refractivity contribution >= 4 is 41.0 Å². The van der Waals surface area contributed by atoms with E-state index in [-0.39, 0.29) is 0 Å². The predicted molar refractivity (Wildman–Crippen MR) is 59.4 cm³/mol. The van der Waals surface area contributed by atoms with Crippen LogP contribution in [-0.2, 0) is 9.53 Å². The standard InChI is InChI=1S/C8H10N2O2S2/c1-12-6(11)4-3-5-7(9)10-8(13-2)14-5/h3-4H,9H2,1-2H3/b4-3+. The third-order valence-corrected chi connectivity index (χ3v) is 3.43. The van der Waals surface area contributed by atoms with Crippen LogP contribution in [0.15, 0.2) is 10.4 Å². The Hall–Kier alpha value is -1.01. The molecule has 1 rings (SSSR count). The van der Waals surface area contributed by atoms with Gasteiger partial charge in [0.15, 0.2) is 4.34 Å². The number of hydrogen-bond donors (Lipinski definition) is 1. The molecule has 0 amide bonds. The van der Waals surface area contributed by atoms with Crippen molar-refractivity contribution in [1.82, 2.24) is 4.98 Å². The number of nitrogens with two attached hydrogens (primary N) is 1. The second-order valence-electron chi connectivity index (χ2n) is 2.29. The smallest absolute Gasteiger partial charge is 0.330 e. The van der Waals surface area contributed by atoms with Crippen LogP contribution in [-0.4, -0.2) is 24.3 Å². The zero-order chi connectivity index (χ0) is 10.6. The fourth-order valence-corrected chi connectivity index (χ4v) is 2.15. The van der Waals surface area contributed by atoms with Crippen molar-refractivity contribution in [3.63, 3.8) is 0 Å². The molecular weight excluding hydrogens is 220 g/mol. The van der Waals surface area contributed by atoms with Crippen LogP contribution >= 0.6 is 23.1 Å². The first-order valence-electron chi connectivity index (χ1n) is 3.73. The number of ether oxygens (including phenoxy) is 1. The zero-order valence-electron chi connectivity index (χ0n) is 7.81. The van der Waals surface area contributed by atoms with Crippen LogP contribution in [0, 0.1) is 0 Å². The van der Waals surface area contributed by atoms with Crippen molar-refractivity contribution in [3.05, 3.63) is 11.0 Å². The van der Waals surface area contributed by atoms with Gasteiger partial charge in [-0.25, -0.2) is 9.78 Å². The largest absolute Gasteiger partial charge is 0.466 e. The van der Waals surface area contributed by atoms with Gasteiger partial charge >= 0.3 is 5.97 Å². The quantitative estimate of drug-likeness (QED) is 0.486. The maximum atomic E-state index is 10.8. The number of nitrogens with zero attached hydrogens (tertiary/aromatic N) is 1. The molecule has 76 valence electrons. The van der Waals surface area contributed by atoms with Crippen molar-refractivity contribution in [2.75, 3.05) is 19.1 Å². The molecule has 0 aromatic carbocycles. The van der Waals surface area contributed by atoms with E-state index in [4.69, 9.17) is 5.73 Å². The number of carbonyl (C=O) groups is 1. The Morgan fingerprint density at radius 1 is 1.71 bits per heavy atom. The topological polar surface area (TPSA) is 65.2 Å². The molecule has 1 aromatic rings. The van der Waals surface area contributed by atoms with E-state index in [9.17, 15) is 4.79 Å². The fraction of sp³-hybridized carbons (Fsp3) is 0.250. The molecule has 0 aliphatic rings. The van der Waals surface area contributed by atoms with E-state index in [1.54, 1.807) is 6.08 Å². The van der Waals surface area contributed by atoms with Gasteiger partial charge in [-0.3, -0.25) is 0 Å². The lowest BCUT2D eigenvalue weighted by atomic mass is 10.4. The molecule has 0 aliphatic heterocycles. The molecule has 0 aliphatic carbocycles. The summed E-state index contributed by atoms with van der Waals surface area (Å²) in [6, 6.07) is 0. The maximum absolute atomic E-state index is 10.8. The number of carbonyl (C=O) groups excluding carboxylic acids is 1. The fourth-order valence-electron chi connectivity index (χ4n) is 0.741. The average Bonchev–Trinajstić information content (AvgIpc) is 2.55. The molecule has 2 N–H and O–H groups in total. The SMILES string of the molecule is COC(=O)/C=C/c1sc(SC)nc1N. The van der Waals surface area contributed by atoms with Gasteiger partial charge in [-0.05, 0) is 12.3 Å². The molecule has 4 nitrogen and oxygen atoms in total. The van der Waals surface area contributed by atoms with E-state index in [1.165, 1.54) is 36.3 Å². The molecule has 6 heteroatoms. The normalized spacial score (nSPS) is 10.7. The van der Waals surface area contributed by atoms with Crippen molar-refractivity contribution in [2.24, 2.45) is 0 Å². The van der Waals surface area contributed by atoms with Crippen LogP contribution < -0.4 is 5.73 Å². The molecule has 0 atom stereocenters. The highest BCUT2D eigenvalue weighted by Crippen LogP contribution is 2.28. The van der Waals surface area contributed by atoms with Crippen LogP contribution in [0.3, 0.4) is 0 Å². The lowest BCUT2D eigenvalue weighted by Gasteiger charge is -1.89. The molecule has 0 radical (unpaired) electrons. The zero-order valence-corrected chi connectivity index (χ0v) is 9.45. The molecule has 0 saturated carbocycles. The number of hydrogen-bond acceptors (Lipinski definition) is 6. The van der Waals surface area contributed by atoms with Gasteiger partial charge in [-0.2, -0.15) is 0 Å². The Labute approximate surface area is 90.2 Å². The van der Waals surface area contributed by atoms with E-state index in [0.717, 1.165) is 9.22 Å². The number of thiazole rings is 1. The van der Waals surface area contributed by atoms with E-state index in [2.05, 4.69) is 9.72 Å². The summed E-state index contributed by atoms with van der Waals surface area (Å²) >= 11 is 2.97. The van der Waals surface area contributed by atoms with Crippen molar-refractivity contribution in [3.8, 4) is 0 Å². The minimum atomic E-state index is -0.400. The predicted octanol–water partition coefficient (Wildman–Crippen LogP) is 1.63. The van der Waals surface area contributed by atoms with Gasteiger partial charge in [-0.15, -0.1) is 11.3 Å². The van der Waals surface area contributed by atoms with E-state index in [0.29, 0.717) is 5.82 Å². The highest BCUT2D eigenvalue weighted by atomic mass is 32.2. The molecule has 14 heavy (non-hydrogen) atoms. The summed E-state index contributed by atoms with van der Waals surface area (Å²) in [6.07, 6.45) is 4.86. The summed E-state index contributed by atoms with van der Waals surface area (Å²) in [5.74, 6) is 0.0444. The Morgan fingerprint density at radius 2 is 2.43 bits per heavy atom. The van der Waals surface area contributed by atoms with Crippen LogP contribution in [0.2, 0.25) is 0 Å². The number of rotatable bonds is 3. The van der Waals surface area contributed by atoms with Crippen LogP contribution in [0.5, 0.6) is 0 Å². The molecule has 0 unspecified atom stereocenters. The lowest BCUT2D eigenvalue weighted by molar-refractivity contribution is -0.134. The van der Waals surface area contributed by atoms with Crippen LogP contribution in [0.25, 0.3) is 6.08 Å². The van der Waals surface area contributed by atoms with Gasteiger partial charge in [0.25, 0.3) is 0 Å². The number of methoxy groups -OCH3 is 1. The van der Waals surface area contributed by atoms with Crippen LogP contribution in [0.4, 0.5) is 5.82 Å². The summed E-state index contributed by atoms with van der Waals surface area (Å²) in [5.41, 5.74) is 5.63. The summed E-state index contributed by atoms with van der Waals surface area (Å²) in [5, 5.41) is 0. The molecule has 0 bridgehead atoms. The van der Waals surface area contributed by atoms with Gasteiger partial charge in [0, 0.05) is 6.08 Å². The first-order chi connectivity index (χ1) is 6.67. The number of aromatic nitrogens is 1. The second kappa shape index (κ2) is 5.02. The van der Waals surface area contributed by atoms with E-state index in [1.807, 2.05) is 6.26 Å². The Bertz CT molecular complexity index is 360. The summed E-state index contributed by atoms with van der Waals surface area (Å²) in [7, 11) is 1.33. The Morgan fingerprint density at radius 3 is 2.93 bits per heavy atom. The number of anilines is 1. The van der Waals surface area contributed by atoms with Gasteiger partial charge in [0.1, 0.15) is 5.82 Å². The first kappa shape index (κ1) is 11.1. The number of esters is 1. The van der Waals surface area contributed by atoms with Crippen molar-refractivity contribution in [2.45, 2.75) is 4.34 Å². The summed E-state index contributed by atoms with van der Waals surface area (Å²) in [4.78, 5) is 15.7. The average molecular weight is 230 g/mol. The monoisotopic (exact) mass is 230 g/mol. The first-order valence-corrected chi connectivity index (χ1v) is 5.77. The lowest BCUT2D eigenvalue weighted by Crippen LogP contribution is -1.93. The molecule has 0 spiro atoms. The third kappa shape index (κ3) is 2.74. The highest BCUT2D eigenvalue weighted by molar-refractivity contribution is 8.00. The number of thioether (sulfide) groups is 1. The van der Waals surface area contributed by atoms with E-state index >= 15 is 0 Å². The third-order valence-electron chi connectivity index (χ3n) is 1.41.